The van der Waals surface area contributed by atoms with Crippen LogP contribution in [0, 0.1) is 0 Å². The zero-order valence-electron chi connectivity index (χ0n) is 11.4. The van der Waals surface area contributed by atoms with E-state index in [2.05, 4.69) is 70.1 Å². The lowest BCUT2D eigenvalue weighted by atomic mass is 9.98. The topological polar surface area (TPSA) is 21.3 Å². The molecule has 1 aromatic rings. The number of rotatable bonds is 6. The van der Waals surface area contributed by atoms with E-state index < -0.39 is 0 Å². The van der Waals surface area contributed by atoms with Crippen molar-refractivity contribution in [3.63, 3.8) is 0 Å². The standard InChI is InChI=1S/C14H21Br2NO/c1-5-6-14(2,3)17-9-10-7-11(15)13(18-4)12(16)8-10/h7-8,17H,5-6,9H2,1-4H3. The molecular formula is C14H21Br2NO. The van der Waals surface area contributed by atoms with Gasteiger partial charge in [-0.05, 0) is 69.8 Å². The summed E-state index contributed by atoms with van der Waals surface area (Å²) in [5.74, 6) is 0.839. The number of ether oxygens (including phenoxy) is 1. The number of hydrogen-bond donors (Lipinski definition) is 1. The zero-order valence-corrected chi connectivity index (χ0v) is 14.6. The van der Waals surface area contributed by atoms with E-state index in [4.69, 9.17) is 4.74 Å². The third kappa shape index (κ3) is 4.56. The summed E-state index contributed by atoms with van der Waals surface area (Å²) in [6, 6.07) is 4.19. The Balaban J connectivity index is 2.75. The molecule has 1 aromatic carbocycles. The number of hydrogen-bond acceptors (Lipinski definition) is 2. The Labute approximate surface area is 127 Å². The lowest BCUT2D eigenvalue weighted by molar-refractivity contribution is 0.356. The van der Waals surface area contributed by atoms with Crippen molar-refractivity contribution in [3.8, 4) is 5.75 Å². The minimum atomic E-state index is 0.174. The number of nitrogens with one attached hydrogen (secondary N) is 1. The van der Waals surface area contributed by atoms with Crippen LogP contribution in [-0.4, -0.2) is 12.6 Å². The summed E-state index contributed by atoms with van der Waals surface area (Å²) in [6.45, 7) is 7.55. The molecule has 18 heavy (non-hydrogen) atoms. The van der Waals surface area contributed by atoms with Gasteiger partial charge < -0.3 is 10.1 Å². The maximum atomic E-state index is 5.30. The van der Waals surface area contributed by atoms with Gasteiger partial charge in [-0.2, -0.15) is 0 Å². The fourth-order valence-corrected chi connectivity index (χ4v) is 3.57. The van der Waals surface area contributed by atoms with Gasteiger partial charge >= 0.3 is 0 Å². The molecule has 0 spiro atoms. The molecule has 0 saturated heterocycles. The fraction of sp³-hybridized carbons (Fsp3) is 0.571. The molecule has 0 saturated carbocycles. The Morgan fingerprint density at radius 1 is 1.22 bits per heavy atom. The molecule has 1 N–H and O–H groups in total. The van der Waals surface area contributed by atoms with Crippen molar-refractivity contribution in [3.05, 3.63) is 26.6 Å². The van der Waals surface area contributed by atoms with Crippen LogP contribution >= 0.6 is 31.9 Å². The van der Waals surface area contributed by atoms with Crippen molar-refractivity contribution >= 4 is 31.9 Å². The van der Waals surface area contributed by atoms with Crippen molar-refractivity contribution in [2.24, 2.45) is 0 Å². The van der Waals surface area contributed by atoms with E-state index in [0.717, 1.165) is 21.2 Å². The van der Waals surface area contributed by atoms with E-state index in [9.17, 15) is 0 Å². The van der Waals surface area contributed by atoms with Crippen LogP contribution in [0.3, 0.4) is 0 Å². The molecule has 2 nitrogen and oxygen atoms in total. The summed E-state index contributed by atoms with van der Waals surface area (Å²) in [5.41, 5.74) is 1.41. The van der Waals surface area contributed by atoms with E-state index in [1.54, 1.807) is 7.11 Å². The summed E-state index contributed by atoms with van der Waals surface area (Å²) in [7, 11) is 1.67. The first-order valence-corrected chi connectivity index (χ1v) is 7.75. The summed E-state index contributed by atoms with van der Waals surface area (Å²) >= 11 is 7.05. The Morgan fingerprint density at radius 2 is 1.78 bits per heavy atom. The molecule has 0 aliphatic heterocycles. The van der Waals surface area contributed by atoms with Gasteiger partial charge in [0.1, 0.15) is 5.75 Å². The van der Waals surface area contributed by atoms with Crippen molar-refractivity contribution in [1.82, 2.24) is 5.32 Å². The summed E-state index contributed by atoms with van der Waals surface area (Å²) in [4.78, 5) is 0. The molecule has 1 rings (SSSR count). The maximum absolute atomic E-state index is 5.30. The van der Waals surface area contributed by atoms with Crippen molar-refractivity contribution in [2.75, 3.05) is 7.11 Å². The predicted molar refractivity (Wildman–Crippen MR) is 84.2 cm³/mol. The highest BCUT2D eigenvalue weighted by Crippen LogP contribution is 2.34. The lowest BCUT2D eigenvalue weighted by Crippen LogP contribution is -2.38. The molecule has 0 aliphatic rings. The van der Waals surface area contributed by atoms with Gasteiger partial charge in [-0.25, -0.2) is 0 Å². The second-order valence-corrected chi connectivity index (χ2v) is 6.79. The highest BCUT2D eigenvalue weighted by Gasteiger charge is 2.16. The Kier molecular flexibility index (Phi) is 6.15. The monoisotopic (exact) mass is 377 g/mol. The third-order valence-electron chi connectivity index (χ3n) is 2.91. The van der Waals surface area contributed by atoms with Gasteiger partial charge in [-0.1, -0.05) is 13.3 Å². The summed E-state index contributed by atoms with van der Waals surface area (Å²) < 4.78 is 7.25. The normalized spacial score (nSPS) is 11.7. The van der Waals surface area contributed by atoms with Gasteiger partial charge in [0.2, 0.25) is 0 Å². The predicted octanol–water partition coefficient (Wildman–Crippen LogP) is 4.89. The SMILES string of the molecule is CCCC(C)(C)NCc1cc(Br)c(OC)c(Br)c1. The van der Waals surface area contributed by atoms with Crippen LogP contribution in [0.4, 0.5) is 0 Å². The highest BCUT2D eigenvalue weighted by atomic mass is 79.9. The minimum absolute atomic E-state index is 0.174. The quantitative estimate of drug-likeness (QED) is 0.760. The minimum Gasteiger partial charge on any atom is -0.494 e. The molecule has 0 aliphatic carbocycles. The average Bonchev–Trinajstić information content (AvgIpc) is 2.26. The smallest absolute Gasteiger partial charge is 0.147 e. The van der Waals surface area contributed by atoms with E-state index >= 15 is 0 Å². The number of benzene rings is 1. The lowest BCUT2D eigenvalue weighted by Gasteiger charge is -2.26. The van der Waals surface area contributed by atoms with E-state index in [1.165, 1.54) is 18.4 Å². The van der Waals surface area contributed by atoms with Crippen LogP contribution in [-0.2, 0) is 6.54 Å². The molecule has 0 aromatic heterocycles. The van der Waals surface area contributed by atoms with Crippen LogP contribution in [0.2, 0.25) is 0 Å². The molecule has 0 bridgehead atoms. The summed E-state index contributed by atoms with van der Waals surface area (Å²) in [6.07, 6.45) is 2.36. The van der Waals surface area contributed by atoms with Crippen LogP contribution < -0.4 is 10.1 Å². The first-order valence-electron chi connectivity index (χ1n) is 6.16. The van der Waals surface area contributed by atoms with Crippen LogP contribution in [0.5, 0.6) is 5.75 Å². The molecular weight excluding hydrogens is 358 g/mol. The second kappa shape index (κ2) is 6.92. The highest BCUT2D eigenvalue weighted by molar-refractivity contribution is 9.11. The number of methoxy groups -OCH3 is 1. The van der Waals surface area contributed by atoms with Gasteiger partial charge in [0.15, 0.2) is 0 Å². The zero-order chi connectivity index (χ0) is 13.8. The molecule has 0 atom stereocenters. The van der Waals surface area contributed by atoms with E-state index in [0.29, 0.717) is 0 Å². The largest absolute Gasteiger partial charge is 0.494 e. The molecule has 102 valence electrons. The van der Waals surface area contributed by atoms with Crippen molar-refractivity contribution in [2.45, 2.75) is 45.7 Å². The van der Waals surface area contributed by atoms with Crippen LogP contribution in [0.15, 0.2) is 21.1 Å². The first kappa shape index (κ1) is 16.0. The van der Waals surface area contributed by atoms with Gasteiger partial charge in [0.25, 0.3) is 0 Å². The Morgan fingerprint density at radius 3 is 2.22 bits per heavy atom. The van der Waals surface area contributed by atoms with E-state index in [1.807, 2.05) is 0 Å². The van der Waals surface area contributed by atoms with Gasteiger partial charge in [-0.3, -0.25) is 0 Å². The van der Waals surface area contributed by atoms with Crippen molar-refractivity contribution in [1.29, 1.82) is 0 Å². The molecule has 0 heterocycles. The summed E-state index contributed by atoms with van der Waals surface area (Å²) in [5, 5.41) is 3.59. The average molecular weight is 379 g/mol. The second-order valence-electron chi connectivity index (χ2n) is 5.08. The molecule has 0 amide bonds. The Bertz CT molecular complexity index is 382. The molecule has 0 fully saturated rings. The number of halogens is 2. The molecule has 0 unspecified atom stereocenters. The van der Waals surface area contributed by atoms with Gasteiger partial charge in [0, 0.05) is 12.1 Å². The van der Waals surface area contributed by atoms with Crippen molar-refractivity contribution < 1.29 is 4.74 Å². The first-order chi connectivity index (χ1) is 8.39. The van der Waals surface area contributed by atoms with E-state index in [-0.39, 0.29) is 5.54 Å². The van der Waals surface area contributed by atoms with Crippen LogP contribution in [0.25, 0.3) is 0 Å². The van der Waals surface area contributed by atoms with Crippen LogP contribution in [0.1, 0.15) is 39.2 Å². The molecule has 4 heteroatoms. The Hall–Kier alpha value is -0.0600. The third-order valence-corrected chi connectivity index (χ3v) is 4.09. The van der Waals surface area contributed by atoms with Gasteiger partial charge in [-0.15, -0.1) is 0 Å². The molecule has 0 radical (unpaired) electrons. The fourth-order valence-electron chi connectivity index (χ4n) is 1.96. The maximum Gasteiger partial charge on any atom is 0.147 e. The van der Waals surface area contributed by atoms with Gasteiger partial charge in [0.05, 0.1) is 16.1 Å².